The van der Waals surface area contributed by atoms with Crippen molar-refractivity contribution in [2.45, 2.75) is 76.4 Å². The maximum atomic E-state index is 12.4. The van der Waals surface area contributed by atoms with Crippen molar-refractivity contribution in [2.24, 2.45) is 5.73 Å². The van der Waals surface area contributed by atoms with Crippen LogP contribution in [0.25, 0.3) is 0 Å². The first-order chi connectivity index (χ1) is 9.58. The first-order valence-electron chi connectivity index (χ1n) is 7.92. The van der Waals surface area contributed by atoms with E-state index in [1.54, 1.807) is 0 Å². The molecular weight excluding hydrogens is 270 g/mol. The van der Waals surface area contributed by atoms with Gasteiger partial charge in [0.1, 0.15) is 0 Å². The molecule has 0 spiro atoms. The maximum absolute atomic E-state index is 12.4. The molecule has 1 atom stereocenters. The zero-order valence-corrected chi connectivity index (χ0v) is 13.3. The van der Waals surface area contributed by atoms with Crippen molar-refractivity contribution in [3.63, 3.8) is 0 Å². The van der Waals surface area contributed by atoms with Crippen LogP contribution in [0.4, 0.5) is 0 Å². The Balaban J connectivity index is 1.83. The number of nitrogens with zero attached hydrogens (tertiary/aromatic N) is 1. The van der Waals surface area contributed by atoms with Crippen molar-refractivity contribution >= 4 is 23.1 Å². The van der Waals surface area contributed by atoms with Crippen LogP contribution in [-0.4, -0.2) is 40.5 Å². The quantitative estimate of drug-likeness (QED) is 0.705. The lowest BCUT2D eigenvalue weighted by molar-refractivity contribution is -0.127. The summed E-state index contributed by atoms with van der Waals surface area (Å²) in [6.45, 7) is 2.81. The first-order valence-corrected chi connectivity index (χ1v) is 8.33. The summed E-state index contributed by atoms with van der Waals surface area (Å²) in [4.78, 5) is 15.2. The lowest BCUT2D eigenvalue weighted by atomic mass is 9.95. The van der Waals surface area contributed by atoms with Gasteiger partial charge in [0.05, 0.1) is 11.0 Å². The van der Waals surface area contributed by atoms with Gasteiger partial charge in [-0.25, -0.2) is 0 Å². The van der Waals surface area contributed by atoms with E-state index in [0.717, 1.165) is 19.4 Å². The summed E-state index contributed by atoms with van der Waals surface area (Å²) in [7, 11) is 0. The van der Waals surface area contributed by atoms with Gasteiger partial charge >= 0.3 is 0 Å². The summed E-state index contributed by atoms with van der Waals surface area (Å²) >= 11 is 4.95. The third kappa shape index (κ3) is 4.70. The fourth-order valence-corrected chi connectivity index (χ4v) is 3.15. The SMILES string of the molecule is CC(C(=O)NC1CCCCC1)N(CCC(N)=S)C1CC1. The van der Waals surface area contributed by atoms with Crippen LogP contribution >= 0.6 is 12.2 Å². The Kier molecular flexibility index (Phi) is 5.78. The summed E-state index contributed by atoms with van der Waals surface area (Å²) in [6.07, 6.45) is 9.15. The second kappa shape index (κ2) is 7.36. The minimum absolute atomic E-state index is 0.0706. The van der Waals surface area contributed by atoms with E-state index in [1.807, 2.05) is 6.92 Å². The first kappa shape index (κ1) is 15.7. The van der Waals surface area contributed by atoms with Crippen molar-refractivity contribution in [2.75, 3.05) is 6.54 Å². The third-order valence-corrected chi connectivity index (χ3v) is 4.66. The molecule has 2 fully saturated rings. The Morgan fingerprint density at radius 2 is 1.95 bits per heavy atom. The van der Waals surface area contributed by atoms with Crippen LogP contribution in [0.5, 0.6) is 0 Å². The summed E-state index contributed by atoms with van der Waals surface area (Å²) in [5, 5.41) is 3.22. The van der Waals surface area contributed by atoms with Gasteiger partial charge in [0.25, 0.3) is 0 Å². The maximum Gasteiger partial charge on any atom is 0.237 e. The molecule has 0 radical (unpaired) electrons. The number of amides is 1. The average Bonchev–Trinajstić information content (AvgIpc) is 3.24. The molecular formula is C15H27N3OS. The molecule has 2 saturated carbocycles. The van der Waals surface area contributed by atoms with Crippen LogP contribution in [0.15, 0.2) is 0 Å². The molecule has 2 aliphatic rings. The number of hydrogen-bond donors (Lipinski definition) is 2. The van der Waals surface area contributed by atoms with E-state index in [9.17, 15) is 4.79 Å². The van der Waals surface area contributed by atoms with Gasteiger partial charge in [0.2, 0.25) is 5.91 Å². The largest absolute Gasteiger partial charge is 0.393 e. The Morgan fingerprint density at radius 1 is 1.30 bits per heavy atom. The highest BCUT2D eigenvalue weighted by atomic mass is 32.1. The predicted molar refractivity (Wildman–Crippen MR) is 85.6 cm³/mol. The van der Waals surface area contributed by atoms with Crippen LogP contribution in [0.1, 0.15) is 58.3 Å². The highest BCUT2D eigenvalue weighted by Gasteiger charge is 2.35. The van der Waals surface area contributed by atoms with E-state index in [4.69, 9.17) is 18.0 Å². The number of carbonyl (C=O) groups is 1. The molecule has 0 aromatic carbocycles. The number of thiocarbonyl (C=S) groups is 1. The third-order valence-electron chi connectivity index (χ3n) is 4.46. The van der Waals surface area contributed by atoms with Gasteiger partial charge in [-0.1, -0.05) is 31.5 Å². The molecule has 3 N–H and O–H groups in total. The normalized spacial score (nSPS) is 21.7. The second-order valence-electron chi connectivity index (χ2n) is 6.20. The van der Waals surface area contributed by atoms with Crippen LogP contribution in [0, 0.1) is 0 Å². The Morgan fingerprint density at radius 3 is 2.50 bits per heavy atom. The van der Waals surface area contributed by atoms with Gasteiger partial charge in [-0.2, -0.15) is 0 Å². The van der Waals surface area contributed by atoms with Gasteiger partial charge in [0.15, 0.2) is 0 Å². The Bertz CT molecular complexity index is 351. The number of carbonyl (C=O) groups excluding carboxylic acids is 1. The lowest BCUT2D eigenvalue weighted by Crippen LogP contribution is -2.50. The van der Waals surface area contributed by atoms with Gasteiger partial charge in [-0.15, -0.1) is 0 Å². The fourth-order valence-electron chi connectivity index (χ4n) is 3.06. The molecule has 1 amide bonds. The van der Waals surface area contributed by atoms with Gasteiger partial charge < -0.3 is 11.1 Å². The molecule has 0 aliphatic heterocycles. The van der Waals surface area contributed by atoms with E-state index in [2.05, 4.69) is 10.2 Å². The summed E-state index contributed by atoms with van der Waals surface area (Å²) in [5.74, 6) is 0.173. The van der Waals surface area contributed by atoms with Crippen molar-refractivity contribution in [3.8, 4) is 0 Å². The second-order valence-corrected chi connectivity index (χ2v) is 6.73. The molecule has 5 heteroatoms. The zero-order valence-electron chi connectivity index (χ0n) is 12.4. The minimum atomic E-state index is -0.0706. The van der Waals surface area contributed by atoms with Gasteiger partial charge in [0, 0.05) is 25.0 Å². The number of nitrogens with two attached hydrogens (primary N) is 1. The highest BCUT2D eigenvalue weighted by molar-refractivity contribution is 7.80. The van der Waals surface area contributed by atoms with E-state index in [1.165, 1.54) is 32.1 Å². The smallest absolute Gasteiger partial charge is 0.237 e. The molecule has 0 heterocycles. The molecule has 0 aromatic rings. The number of nitrogens with one attached hydrogen (secondary N) is 1. The molecule has 1 unspecified atom stereocenters. The summed E-state index contributed by atoms with van der Waals surface area (Å²) in [5.41, 5.74) is 5.59. The zero-order chi connectivity index (χ0) is 14.5. The van der Waals surface area contributed by atoms with E-state index in [-0.39, 0.29) is 11.9 Å². The standard InChI is InChI=1S/C15H27N3OS/c1-11(15(19)17-12-5-3-2-4-6-12)18(13-7-8-13)10-9-14(16)20/h11-13H,2-10H2,1H3,(H2,16,20)(H,17,19). The van der Waals surface area contributed by atoms with E-state index >= 15 is 0 Å². The van der Waals surface area contributed by atoms with Gasteiger partial charge in [-0.05, 0) is 32.6 Å². The Hall–Kier alpha value is -0.680. The van der Waals surface area contributed by atoms with Crippen molar-refractivity contribution in [3.05, 3.63) is 0 Å². The van der Waals surface area contributed by atoms with Crippen molar-refractivity contribution in [1.29, 1.82) is 0 Å². The molecule has 2 rings (SSSR count). The number of rotatable bonds is 7. The molecule has 0 saturated heterocycles. The van der Waals surface area contributed by atoms with Crippen molar-refractivity contribution in [1.82, 2.24) is 10.2 Å². The molecule has 114 valence electrons. The molecule has 0 aromatic heterocycles. The summed E-state index contributed by atoms with van der Waals surface area (Å²) in [6, 6.07) is 0.866. The minimum Gasteiger partial charge on any atom is -0.393 e. The summed E-state index contributed by atoms with van der Waals surface area (Å²) < 4.78 is 0. The van der Waals surface area contributed by atoms with E-state index in [0.29, 0.717) is 23.5 Å². The van der Waals surface area contributed by atoms with Crippen LogP contribution in [0.2, 0.25) is 0 Å². The number of hydrogen-bond acceptors (Lipinski definition) is 3. The monoisotopic (exact) mass is 297 g/mol. The van der Waals surface area contributed by atoms with Crippen LogP contribution in [-0.2, 0) is 4.79 Å². The van der Waals surface area contributed by atoms with Crippen molar-refractivity contribution < 1.29 is 4.79 Å². The topological polar surface area (TPSA) is 58.4 Å². The van der Waals surface area contributed by atoms with Crippen LogP contribution < -0.4 is 11.1 Å². The highest BCUT2D eigenvalue weighted by Crippen LogP contribution is 2.29. The molecule has 4 nitrogen and oxygen atoms in total. The lowest BCUT2D eigenvalue weighted by Gasteiger charge is -2.30. The molecule has 2 aliphatic carbocycles. The Labute approximate surface area is 127 Å². The predicted octanol–water partition coefficient (Wildman–Crippen LogP) is 1.96. The van der Waals surface area contributed by atoms with Crippen LogP contribution in [0.3, 0.4) is 0 Å². The van der Waals surface area contributed by atoms with Gasteiger partial charge in [-0.3, -0.25) is 9.69 Å². The average molecular weight is 297 g/mol. The molecule has 0 bridgehead atoms. The fraction of sp³-hybridized carbons (Fsp3) is 0.867. The molecule has 20 heavy (non-hydrogen) atoms. The van der Waals surface area contributed by atoms with E-state index < -0.39 is 0 Å².